The third-order valence-electron chi connectivity index (χ3n) is 8.18. The van der Waals surface area contributed by atoms with E-state index in [0.29, 0.717) is 31.1 Å². The molecule has 4 rings (SSSR count). The normalized spacial score (nSPS) is 24.2. The van der Waals surface area contributed by atoms with E-state index >= 15 is 0 Å². The predicted molar refractivity (Wildman–Crippen MR) is 131 cm³/mol. The number of likely N-dealkylation sites (tertiary alicyclic amines) is 1. The fourth-order valence-corrected chi connectivity index (χ4v) is 5.77. The number of nitrogens with zero attached hydrogens (tertiary/aromatic N) is 5. The first-order chi connectivity index (χ1) is 16.1. The van der Waals surface area contributed by atoms with Crippen LogP contribution in [0.4, 0.5) is 0 Å². The molecule has 2 aliphatic rings. The number of rotatable bonds is 6. The van der Waals surface area contributed by atoms with Crippen molar-refractivity contribution in [1.82, 2.24) is 24.2 Å². The molecule has 8 nitrogen and oxygen atoms in total. The highest BCUT2D eigenvalue weighted by Gasteiger charge is 2.49. The number of carbonyl (C=O) groups is 1. The molecule has 186 valence electrons. The molecule has 0 radical (unpaired) electrons. The predicted octanol–water partition coefficient (Wildman–Crippen LogP) is 3.24. The van der Waals surface area contributed by atoms with E-state index < -0.39 is 11.0 Å². The van der Waals surface area contributed by atoms with Gasteiger partial charge in [-0.2, -0.15) is 5.10 Å². The van der Waals surface area contributed by atoms with E-state index in [0.717, 1.165) is 12.1 Å². The Balaban J connectivity index is 1.43. The highest BCUT2D eigenvalue weighted by molar-refractivity contribution is 5.78. The Morgan fingerprint density at radius 3 is 2.62 bits per heavy atom. The third kappa shape index (κ3) is 4.97. The molecular formula is C26H39N5O3. The zero-order valence-corrected chi connectivity index (χ0v) is 21.0. The van der Waals surface area contributed by atoms with Gasteiger partial charge in [0.1, 0.15) is 0 Å². The lowest BCUT2D eigenvalue weighted by molar-refractivity contribution is -0.157. The number of aromatic nitrogens is 4. The van der Waals surface area contributed by atoms with Crippen molar-refractivity contribution in [1.29, 1.82) is 0 Å². The van der Waals surface area contributed by atoms with E-state index in [1.54, 1.807) is 17.9 Å². The summed E-state index contributed by atoms with van der Waals surface area (Å²) in [4.78, 5) is 32.4. The molecule has 2 atom stereocenters. The largest absolute Gasteiger partial charge is 0.387 e. The first kappa shape index (κ1) is 24.6. The second-order valence-electron chi connectivity index (χ2n) is 11.1. The maximum absolute atomic E-state index is 13.2. The molecule has 1 amide bonds. The topological polar surface area (TPSA) is 93.2 Å². The standard InChI is InChI=1S/C26H39N5O3/c1-19(14-20-8-6-5-7-9-20)24(33)30-13-11-26(34,25(2,3)16-30)17-31-18-27-21(15-23(31)32)22-10-12-28-29(22)4/h10,12,15,18-20,34H,5-9,11,13-14,16-17H2,1-4H3. The van der Waals surface area contributed by atoms with Crippen LogP contribution in [0.3, 0.4) is 0 Å². The van der Waals surface area contributed by atoms with Gasteiger partial charge in [-0.1, -0.05) is 52.9 Å². The number of aryl methyl sites for hydroxylation is 1. The van der Waals surface area contributed by atoms with Crippen LogP contribution in [0.15, 0.2) is 29.5 Å². The van der Waals surface area contributed by atoms with E-state index in [1.165, 1.54) is 49.1 Å². The minimum Gasteiger partial charge on any atom is -0.387 e. The summed E-state index contributed by atoms with van der Waals surface area (Å²) in [7, 11) is 1.80. The molecule has 1 saturated heterocycles. The van der Waals surface area contributed by atoms with Crippen LogP contribution in [0.1, 0.15) is 65.7 Å². The summed E-state index contributed by atoms with van der Waals surface area (Å²) < 4.78 is 3.15. The average molecular weight is 470 g/mol. The van der Waals surface area contributed by atoms with Crippen molar-refractivity contribution in [2.75, 3.05) is 13.1 Å². The lowest BCUT2D eigenvalue weighted by Crippen LogP contribution is -2.61. The van der Waals surface area contributed by atoms with Crippen LogP contribution in [0.25, 0.3) is 11.4 Å². The Bertz CT molecular complexity index is 1070. The van der Waals surface area contributed by atoms with Crippen LogP contribution in [0, 0.1) is 17.3 Å². The second kappa shape index (κ2) is 9.64. The van der Waals surface area contributed by atoms with Gasteiger partial charge in [-0.05, 0) is 24.8 Å². The summed E-state index contributed by atoms with van der Waals surface area (Å²) in [6, 6.07) is 3.30. The van der Waals surface area contributed by atoms with Crippen LogP contribution in [0.5, 0.6) is 0 Å². The van der Waals surface area contributed by atoms with E-state index in [9.17, 15) is 14.7 Å². The summed E-state index contributed by atoms with van der Waals surface area (Å²) >= 11 is 0. The highest BCUT2D eigenvalue weighted by Crippen LogP contribution is 2.40. The molecule has 8 heteroatoms. The van der Waals surface area contributed by atoms with Crippen molar-refractivity contribution in [2.24, 2.45) is 24.3 Å². The van der Waals surface area contributed by atoms with Gasteiger partial charge >= 0.3 is 0 Å². The van der Waals surface area contributed by atoms with Crippen LogP contribution in [-0.4, -0.2) is 53.9 Å². The fraction of sp³-hybridized carbons (Fsp3) is 0.692. The van der Waals surface area contributed by atoms with Crippen LogP contribution in [-0.2, 0) is 18.4 Å². The lowest BCUT2D eigenvalue weighted by Gasteiger charge is -2.50. The van der Waals surface area contributed by atoms with Gasteiger partial charge in [-0.15, -0.1) is 0 Å². The minimum absolute atomic E-state index is 0.0106. The van der Waals surface area contributed by atoms with E-state index in [4.69, 9.17) is 0 Å². The van der Waals surface area contributed by atoms with Crippen LogP contribution in [0.2, 0.25) is 0 Å². The molecule has 3 heterocycles. The summed E-state index contributed by atoms with van der Waals surface area (Å²) in [6.07, 6.45) is 10.9. The van der Waals surface area contributed by atoms with E-state index in [-0.39, 0.29) is 23.9 Å². The summed E-state index contributed by atoms with van der Waals surface area (Å²) in [5.74, 6) is 0.868. The van der Waals surface area contributed by atoms with Crippen molar-refractivity contribution < 1.29 is 9.90 Å². The summed E-state index contributed by atoms with van der Waals surface area (Å²) in [5, 5.41) is 15.8. The Kier molecular flexibility index (Phi) is 6.99. The molecular weight excluding hydrogens is 430 g/mol. The number of hydrogen-bond acceptors (Lipinski definition) is 5. The number of aliphatic hydroxyl groups is 1. The molecule has 0 spiro atoms. The first-order valence-electron chi connectivity index (χ1n) is 12.7. The molecule has 0 aromatic carbocycles. The number of hydrogen-bond donors (Lipinski definition) is 1. The number of carbonyl (C=O) groups excluding carboxylic acids is 1. The summed E-state index contributed by atoms with van der Waals surface area (Å²) in [6.45, 7) is 7.16. The van der Waals surface area contributed by atoms with Gasteiger partial charge < -0.3 is 10.0 Å². The van der Waals surface area contributed by atoms with Gasteiger partial charge in [0, 0.05) is 43.7 Å². The molecule has 1 aliphatic heterocycles. The monoisotopic (exact) mass is 469 g/mol. The smallest absolute Gasteiger partial charge is 0.254 e. The Morgan fingerprint density at radius 1 is 1.26 bits per heavy atom. The van der Waals surface area contributed by atoms with Crippen LogP contribution < -0.4 is 5.56 Å². The van der Waals surface area contributed by atoms with Gasteiger partial charge in [0.25, 0.3) is 5.56 Å². The molecule has 1 aliphatic carbocycles. The number of amides is 1. The minimum atomic E-state index is -1.12. The van der Waals surface area contributed by atoms with Crippen molar-refractivity contribution in [3.05, 3.63) is 35.0 Å². The SMILES string of the molecule is CC(CC1CCCCC1)C(=O)N1CCC(O)(Cn2cnc(-c3ccnn3C)cc2=O)C(C)(C)C1. The molecule has 2 unspecified atom stereocenters. The molecule has 34 heavy (non-hydrogen) atoms. The second-order valence-corrected chi connectivity index (χ2v) is 11.1. The van der Waals surface area contributed by atoms with Crippen molar-refractivity contribution in [2.45, 2.75) is 77.9 Å². The van der Waals surface area contributed by atoms with E-state index in [1.807, 2.05) is 24.8 Å². The maximum atomic E-state index is 13.2. The quantitative estimate of drug-likeness (QED) is 0.701. The van der Waals surface area contributed by atoms with Gasteiger partial charge in [-0.25, -0.2) is 4.98 Å². The van der Waals surface area contributed by atoms with Crippen molar-refractivity contribution >= 4 is 5.91 Å². The van der Waals surface area contributed by atoms with Gasteiger partial charge in [0.15, 0.2) is 0 Å². The highest BCUT2D eigenvalue weighted by atomic mass is 16.3. The lowest BCUT2D eigenvalue weighted by atomic mass is 9.69. The number of piperidine rings is 1. The van der Waals surface area contributed by atoms with Crippen molar-refractivity contribution in [3.63, 3.8) is 0 Å². The Hall–Kier alpha value is -2.48. The van der Waals surface area contributed by atoms with Gasteiger partial charge in [-0.3, -0.25) is 18.8 Å². The fourth-order valence-electron chi connectivity index (χ4n) is 5.77. The van der Waals surface area contributed by atoms with Gasteiger partial charge in [0.2, 0.25) is 5.91 Å². The zero-order valence-electron chi connectivity index (χ0n) is 21.0. The van der Waals surface area contributed by atoms with E-state index in [2.05, 4.69) is 17.0 Å². The third-order valence-corrected chi connectivity index (χ3v) is 8.18. The van der Waals surface area contributed by atoms with Crippen molar-refractivity contribution in [3.8, 4) is 11.4 Å². The molecule has 0 bridgehead atoms. The average Bonchev–Trinajstić information content (AvgIpc) is 3.23. The molecule has 2 fully saturated rings. The molecule has 2 aromatic heterocycles. The maximum Gasteiger partial charge on any atom is 0.254 e. The summed E-state index contributed by atoms with van der Waals surface area (Å²) in [5.41, 5.74) is -0.575. The Labute approximate surface area is 202 Å². The van der Waals surface area contributed by atoms with Gasteiger partial charge in [0.05, 0.1) is 29.9 Å². The first-order valence-corrected chi connectivity index (χ1v) is 12.7. The molecule has 1 N–H and O–H groups in total. The molecule has 2 aromatic rings. The Morgan fingerprint density at radius 2 is 2.00 bits per heavy atom. The zero-order chi connectivity index (χ0) is 24.5. The molecule has 1 saturated carbocycles. The van der Waals surface area contributed by atoms with Crippen LogP contribution >= 0.6 is 0 Å².